The molecule has 0 saturated carbocycles. The van der Waals surface area contributed by atoms with Crippen LogP contribution in [-0.4, -0.2) is 43.9 Å². The Hall–Kier alpha value is -0.560. The first-order chi connectivity index (χ1) is 9.96. The molecule has 1 N–H and O–H groups in total. The van der Waals surface area contributed by atoms with Gasteiger partial charge in [0.25, 0.3) is 0 Å². The van der Waals surface area contributed by atoms with Gasteiger partial charge in [0, 0.05) is 24.9 Å². The summed E-state index contributed by atoms with van der Waals surface area (Å²) in [4.78, 5) is 0.393. The van der Waals surface area contributed by atoms with Crippen LogP contribution in [0.3, 0.4) is 0 Å². The molecule has 1 fully saturated rings. The summed E-state index contributed by atoms with van der Waals surface area (Å²) < 4.78 is 27.0. The van der Waals surface area contributed by atoms with Crippen molar-refractivity contribution in [3.8, 4) is 0 Å². The van der Waals surface area contributed by atoms with E-state index in [0.29, 0.717) is 4.90 Å². The molecule has 0 amide bonds. The third kappa shape index (κ3) is 3.80. The third-order valence-corrected chi connectivity index (χ3v) is 7.02. The smallest absolute Gasteiger partial charge is 0.243 e. The Bertz CT molecular complexity index is 569. The van der Waals surface area contributed by atoms with Crippen LogP contribution in [0.15, 0.2) is 29.2 Å². The second kappa shape index (κ2) is 7.13. The molecule has 21 heavy (non-hydrogen) atoms. The molecule has 1 saturated heterocycles. The molecule has 2 atom stereocenters. The van der Waals surface area contributed by atoms with Gasteiger partial charge in [-0.15, -0.1) is 0 Å². The van der Waals surface area contributed by atoms with E-state index in [1.807, 2.05) is 37.7 Å². The van der Waals surface area contributed by atoms with Gasteiger partial charge in [0.1, 0.15) is 0 Å². The van der Waals surface area contributed by atoms with Crippen LogP contribution < -0.4 is 5.32 Å². The Balaban J connectivity index is 2.25. The quantitative estimate of drug-likeness (QED) is 0.871. The molecule has 0 aliphatic carbocycles. The number of nitrogens with one attached hydrogen (secondary N) is 1. The largest absolute Gasteiger partial charge is 0.310 e. The van der Waals surface area contributed by atoms with Gasteiger partial charge in [0.05, 0.1) is 4.90 Å². The fraction of sp³-hybridized carbons (Fsp3) is 0.600. The van der Waals surface area contributed by atoms with Crippen molar-refractivity contribution in [2.75, 3.05) is 25.1 Å². The van der Waals surface area contributed by atoms with Crippen LogP contribution >= 0.6 is 11.8 Å². The topological polar surface area (TPSA) is 49.4 Å². The number of hydrogen-bond acceptors (Lipinski definition) is 4. The highest BCUT2D eigenvalue weighted by molar-refractivity contribution is 7.99. The lowest BCUT2D eigenvalue weighted by Gasteiger charge is -2.23. The second-order valence-corrected chi connectivity index (χ2v) is 8.54. The maximum Gasteiger partial charge on any atom is 0.243 e. The SMILES string of the molecule is CCNC(C)c1cccc(S(=O)(=O)N(C)C2CCSC2)c1. The molecule has 1 aliphatic rings. The summed E-state index contributed by atoms with van der Waals surface area (Å²) >= 11 is 1.82. The Morgan fingerprint density at radius 3 is 2.86 bits per heavy atom. The average Bonchev–Trinajstić information content (AvgIpc) is 3.01. The van der Waals surface area contributed by atoms with Gasteiger partial charge in [-0.25, -0.2) is 8.42 Å². The number of hydrogen-bond donors (Lipinski definition) is 1. The van der Waals surface area contributed by atoms with E-state index < -0.39 is 10.0 Å². The van der Waals surface area contributed by atoms with Gasteiger partial charge < -0.3 is 5.32 Å². The molecule has 0 spiro atoms. The van der Waals surface area contributed by atoms with Gasteiger partial charge in [0.2, 0.25) is 10.0 Å². The summed E-state index contributed by atoms with van der Waals surface area (Å²) in [5.74, 6) is 1.94. The van der Waals surface area contributed by atoms with Crippen molar-refractivity contribution >= 4 is 21.8 Å². The molecule has 1 aromatic carbocycles. The van der Waals surface area contributed by atoms with E-state index in [2.05, 4.69) is 5.32 Å². The van der Waals surface area contributed by atoms with Gasteiger partial charge in [-0.2, -0.15) is 16.1 Å². The second-order valence-electron chi connectivity index (χ2n) is 5.39. The number of benzene rings is 1. The molecule has 1 heterocycles. The van der Waals surface area contributed by atoms with E-state index in [1.165, 1.54) is 0 Å². The minimum absolute atomic E-state index is 0.120. The average molecular weight is 329 g/mol. The zero-order valence-electron chi connectivity index (χ0n) is 12.9. The Labute approximate surface area is 132 Å². The molecular weight excluding hydrogens is 304 g/mol. The first-order valence-electron chi connectivity index (χ1n) is 7.36. The summed E-state index contributed by atoms with van der Waals surface area (Å²) in [6.45, 7) is 4.95. The Morgan fingerprint density at radius 2 is 2.24 bits per heavy atom. The van der Waals surface area contributed by atoms with E-state index in [4.69, 9.17) is 0 Å². The van der Waals surface area contributed by atoms with E-state index >= 15 is 0 Å². The lowest BCUT2D eigenvalue weighted by atomic mass is 10.1. The highest BCUT2D eigenvalue weighted by Gasteiger charge is 2.30. The van der Waals surface area contributed by atoms with Crippen LogP contribution in [0.4, 0.5) is 0 Å². The molecule has 1 aromatic rings. The summed E-state index contributed by atoms with van der Waals surface area (Å²) in [6, 6.07) is 7.55. The number of thioether (sulfide) groups is 1. The van der Waals surface area contributed by atoms with Crippen LogP contribution in [0.25, 0.3) is 0 Å². The van der Waals surface area contributed by atoms with Crippen LogP contribution in [0.5, 0.6) is 0 Å². The lowest BCUT2D eigenvalue weighted by Crippen LogP contribution is -2.37. The van der Waals surface area contributed by atoms with Gasteiger partial charge in [-0.3, -0.25) is 0 Å². The van der Waals surface area contributed by atoms with Crippen molar-refractivity contribution in [3.63, 3.8) is 0 Å². The molecule has 0 bridgehead atoms. The maximum absolute atomic E-state index is 12.7. The molecule has 0 radical (unpaired) electrons. The van der Waals surface area contributed by atoms with E-state index in [9.17, 15) is 8.42 Å². The highest BCUT2D eigenvalue weighted by atomic mass is 32.2. The van der Waals surface area contributed by atoms with Crippen LogP contribution in [0, 0.1) is 0 Å². The number of rotatable bonds is 6. The van der Waals surface area contributed by atoms with Gasteiger partial charge in [-0.1, -0.05) is 19.1 Å². The molecule has 0 aromatic heterocycles. The van der Waals surface area contributed by atoms with Crippen molar-refractivity contribution in [1.29, 1.82) is 0 Å². The lowest BCUT2D eigenvalue weighted by molar-refractivity contribution is 0.394. The van der Waals surface area contributed by atoms with Crippen LogP contribution in [-0.2, 0) is 10.0 Å². The Kier molecular flexibility index (Phi) is 5.71. The van der Waals surface area contributed by atoms with Gasteiger partial charge in [0.15, 0.2) is 0 Å². The Morgan fingerprint density at radius 1 is 1.48 bits per heavy atom. The van der Waals surface area contributed by atoms with Crippen LogP contribution in [0.2, 0.25) is 0 Å². The van der Waals surface area contributed by atoms with Gasteiger partial charge in [-0.05, 0) is 43.3 Å². The third-order valence-electron chi connectivity index (χ3n) is 3.97. The van der Waals surface area contributed by atoms with E-state index in [1.54, 1.807) is 23.5 Å². The standard InChI is InChI=1S/C15H24N2O2S2/c1-4-16-12(2)13-6-5-7-15(10-13)21(18,19)17(3)14-8-9-20-11-14/h5-7,10,12,14,16H,4,8-9,11H2,1-3H3. The minimum atomic E-state index is -3.40. The minimum Gasteiger partial charge on any atom is -0.310 e. The number of nitrogens with zero attached hydrogens (tertiary/aromatic N) is 1. The molecule has 4 nitrogen and oxygen atoms in total. The fourth-order valence-electron chi connectivity index (χ4n) is 2.54. The first kappa shape index (κ1) is 16.8. The maximum atomic E-state index is 12.7. The summed E-state index contributed by atoms with van der Waals surface area (Å²) in [5.41, 5.74) is 1.01. The van der Waals surface area contributed by atoms with Crippen molar-refractivity contribution in [3.05, 3.63) is 29.8 Å². The molecule has 1 aliphatic heterocycles. The molecule has 6 heteroatoms. The predicted molar refractivity (Wildman–Crippen MR) is 89.2 cm³/mol. The van der Waals surface area contributed by atoms with E-state index in [-0.39, 0.29) is 12.1 Å². The van der Waals surface area contributed by atoms with Crippen molar-refractivity contribution in [2.24, 2.45) is 0 Å². The summed E-state index contributed by atoms with van der Waals surface area (Å²) in [6.07, 6.45) is 0.938. The fourth-order valence-corrected chi connectivity index (χ4v) is 5.34. The number of sulfonamides is 1. The molecule has 118 valence electrons. The van der Waals surface area contributed by atoms with Crippen LogP contribution in [0.1, 0.15) is 31.9 Å². The first-order valence-corrected chi connectivity index (χ1v) is 9.95. The zero-order chi connectivity index (χ0) is 15.5. The monoisotopic (exact) mass is 328 g/mol. The molecule has 2 unspecified atom stereocenters. The molecule has 2 rings (SSSR count). The zero-order valence-corrected chi connectivity index (χ0v) is 14.5. The van der Waals surface area contributed by atoms with Crippen molar-refractivity contribution < 1.29 is 8.42 Å². The normalized spacial score (nSPS) is 20.9. The summed E-state index contributed by atoms with van der Waals surface area (Å²) in [7, 11) is -1.70. The van der Waals surface area contributed by atoms with Gasteiger partial charge >= 0.3 is 0 Å². The van der Waals surface area contributed by atoms with Crippen molar-refractivity contribution in [2.45, 2.75) is 37.2 Å². The highest BCUT2D eigenvalue weighted by Crippen LogP contribution is 2.27. The summed E-state index contributed by atoms with van der Waals surface area (Å²) in [5, 5.41) is 3.31. The van der Waals surface area contributed by atoms with Crippen molar-refractivity contribution in [1.82, 2.24) is 9.62 Å². The predicted octanol–water partition coefficient (Wildman–Crippen LogP) is 2.48. The molecular formula is C15H24N2O2S2. The van der Waals surface area contributed by atoms with E-state index in [0.717, 1.165) is 30.0 Å².